The number of para-hydroxylation sites is 2. The van der Waals surface area contributed by atoms with E-state index in [9.17, 15) is 0 Å². The summed E-state index contributed by atoms with van der Waals surface area (Å²) in [6, 6.07) is 30.4. The van der Waals surface area contributed by atoms with Crippen LogP contribution in [0.2, 0.25) is 4.44 Å². The van der Waals surface area contributed by atoms with Crippen LogP contribution in [0.5, 0.6) is 0 Å². The van der Waals surface area contributed by atoms with Gasteiger partial charge in [-0.3, -0.25) is 0 Å². The fraction of sp³-hybridized carbons (Fsp3) is 0.154. The van der Waals surface area contributed by atoms with Gasteiger partial charge in [0, 0.05) is 0 Å². The molecular formula is C26H23NOSn. The van der Waals surface area contributed by atoms with E-state index in [-0.39, 0.29) is 0 Å². The molecule has 0 fully saturated rings. The molecule has 0 amide bonds. The summed E-state index contributed by atoms with van der Waals surface area (Å²) in [5.74, 6) is 0. The monoisotopic (exact) mass is 485 g/mol. The van der Waals surface area contributed by atoms with Gasteiger partial charge < -0.3 is 0 Å². The van der Waals surface area contributed by atoms with Crippen molar-refractivity contribution < 1.29 is 4.42 Å². The van der Waals surface area contributed by atoms with Crippen LogP contribution in [-0.2, 0) is 0 Å². The van der Waals surface area contributed by atoms with Crippen molar-refractivity contribution >= 4 is 65.5 Å². The Morgan fingerprint density at radius 2 is 1.55 bits per heavy atom. The first-order valence-electron chi connectivity index (χ1n) is 10.3. The van der Waals surface area contributed by atoms with Crippen LogP contribution in [0.3, 0.4) is 0 Å². The van der Waals surface area contributed by atoms with Gasteiger partial charge in [-0.2, -0.15) is 0 Å². The normalized spacial score (nSPS) is 11.5. The number of rotatable bonds is 6. The molecular weight excluding hydrogens is 461 g/mol. The summed E-state index contributed by atoms with van der Waals surface area (Å²) in [6.07, 6.45) is 2.56. The van der Waals surface area contributed by atoms with E-state index in [0.29, 0.717) is 0 Å². The first kappa shape index (κ1) is 18.6. The number of unbranched alkanes of at least 4 members (excludes halogenated alkanes) is 1. The van der Waals surface area contributed by atoms with Crippen LogP contribution < -0.4 is 3.12 Å². The first-order valence-corrected chi connectivity index (χ1v) is 13.6. The summed E-state index contributed by atoms with van der Waals surface area (Å²) in [5.41, 5.74) is 4.49. The molecule has 0 atom stereocenters. The van der Waals surface area contributed by atoms with Gasteiger partial charge in [0.2, 0.25) is 0 Å². The summed E-state index contributed by atoms with van der Waals surface area (Å²) >= 11 is -0.795. The van der Waals surface area contributed by atoms with Crippen molar-refractivity contribution in [1.82, 2.24) is 0 Å². The van der Waals surface area contributed by atoms with E-state index in [0.717, 1.165) is 11.2 Å². The number of anilines is 2. The summed E-state index contributed by atoms with van der Waals surface area (Å²) in [5, 5.41) is 4.89. The Kier molecular flexibility index (Phi) is 5.19. The van der Waals surface area contributed by atoms with Crippen molar-refractivity contribution in [2.75, 3.05) is 3.12 Å². The van der Waals surface area contributed by atoms with Crippen LogP contribution in [0.4, 0.5) is 11.4 Å². The molecule has 4 aromatic carbocycles. The summed E-state index contributed by atoms with van der Waals surface area (Å²) < 4.78 is 10.4. The molecule has 3 heteroatoms. The predicted octanol–water partition coefficient (Wildman–Crippen LogP) is 7.71. The minimum absolute atomic E-state index is 0.795. The molecule has 0 saturated carbocycles. The number of fused-ring (bicyclic) bond motifs is 4. The SMILES string of the molecule is CCC[CH2][Sn][N](c1ccccc1)c1cccc2c1oc1cc3ccccc3cc12. The molecule has 0 N–H and O–H groups in total. The van der Waals surface area contributed by atoms with Crippen molar-refractivity contribution in [1.29, 1.82) is 0 Å². The Bertz CT molecular complexity index is 1280. The zero-order valence-corrected chi connectivity index (χ0v) is 19.4. The van der Waals surface area contributed by atoms with E-state index in [4.69, 9.17) is 4.42 Å². The maximum atomic E-state index is 6.49. The van der Waals surface area contributed by atoms with Gasteiger partial charge in [0.25, 0.3) is 0 Å². The van der Waals surface area contributed by atoms with E-state index < -0.39 is 21.4 Å². The van der Waals surface area contributed by atoms with Crippen LogP contribution in [0.1, 0.15) is 19.8 Å². The molecule has 2 nitrogen and oxygen atoms in total. The fourth-order valence-corrected chi connectivity index (χ4v) is 7.94. The number of benzene rings is 4. The van der Waals surface area contributed by atoms with Gasteiger partial charge in [-0.05, 0) is 0 Å². The fourth-order valence-electron chi connectivity index (χ4n) is 3.90. The topological polar surface area (TPSA) is 16.4 Å². The van der Waals surface area contributed by atoms with E-state index in [1.165, 1.54) is 50.2 Å². The van der Waals surface area contributed by atoms with Crippen molar-refractivity contribution in [2.24, 2.45) is 0 Å². The third-order valence-electron chi connectivity index (χ3n) is 5.40. The van der Waals surface area contributed by atoms with E-state index >= 15 is 0 Å². The van der Waals surface area contributed by atoms with Gasteiger partial charge in [0.1, 0.15) is 0 Å². The first-order chi connectivity index (χ1) is 14.3. The molecule has 5 aromatic rings. The Morgan fingerprint density at radius 1 is 0.793 bits per heavy atom. The molecule has 0 aliphatic heterocycles. The maximum absolute atomic E-state index is 6.49. The standard InChI is InChI=1S/C22H14NO.C4H9.Sn/c1-2-9-17(10-3-1)23-20-12-6-11-18-19-13-15-7-4-5-8-16(15)14-21(19)24-22(18)20;1-3-4-2;/h1-14H;1,3-4H2,2H3;/q-1;;+1. The Hall–Kier alpha value is -2.46. The number of nitrogens with zero attached hydrogens (tertiary/aromatic N) is 1. The number of hydrogen-bond acceptors (Lipinski definition) is 2. The third-order valence-corrected chi connectivity index (χ3v) is 9.37. The molecule has 5 rings (SSSR count). The van der Waals surface area contributed by atoms with Crippen molar-refractivity contribution in [2.45, 2.75) is 24.2 Å². The number of hydrogen-bond donors (Lipinski definition) is 0. The third kappa shape index (κ3) is 3.50. The van der Waals surface area contributed by atoms with Crippen molar-refractivity contribution in [3.8, 4) is 0 Å². The van der Waals surface area contributed by atoms with Crippen LogP contribution in [-0.4, -0.2) is 21.4 Å². The predicted molar refractivity (Wildman–Crippen MR) is 125 cm³/mol. The van der Waals surface area contributed by atoms with E-state index in [2.05, 4.69) is 95.0 Å². The van der Waals surface area contributed by atoms with E-state index in [1.54, 1.807) is 0 Å². The Morgan fingerprint density at radius 3 is 2.34 bits per heavy atom. The molecule has 142 valence electrons. The second-order valence-corrected chi connectivity index (χ2v) is 11.0. The summed E-state index contributed by atoms with van der Waals surface area (Å²) in [7, 11) is 0. The molecule has 2 radical (unpaired) electrons. The molecule has 29 heavy (non-hydrogen) atoms. The summed E-state index contributed by atoms with van der Waals surface area (Å²) in [6.45, 7) is 2.27. The molecule has 0 spiro atoms. The summed E-state index contributed by atoms with van der Waals surface area (Å²) in [4.78, 5) is 0. The van der Waals surface area contributed by atoms with Gasteiger partial charge >= 0.3 is 182 Å². The Labute approximate surface area is 181 Å². The van der Waals surface area contributed by atoms with Crippen LogP contribution in [0, 0.1) is 0 Å². The minimum atomic E-state index is -0.795. The quantitative estimate of drug-likeness (QED) is 0.181. The van der Waals surface area contributed by atoms with Gasteiger partial charge in [0.15, 0.2) is 0 Å². The average Bonchev–Trinajstić information content (AvgIpc) is 3.13. The molecule has 0 bridgehead atoms. The zero-order chi connectivity index (χ0) is 19.6. The van der Waals surface area contributed by atoms with Gasteiger partial charge in [0.05, 0.1) is 0 Å². The van der Waals surface area contributed by atoms with E-state index in [1.807, 2.05) is 0 Å². The Balaban J connectivity index is 1.70. The zero-order valence-electron chi connectivity index (χ0n) is 16.6. The van der Waals surface area contributed by atoms with Crippen molar-refractivity contribution in [3.05, 3.63) is 84.9 Å². The second kappa shape index (κ2) is 8.11. The second-order valence-electron chi connectivity index (χ2n) is 7.38. The molecule has 0 aliphatic carbocycles. The molecule has 0 saturated heterocycles. The van der Waals surface area contributed by atoms with Gasteiger partial charge in [-0.25, -0.2) is 0 Å². The average molecular weight is 484 g/mol. The van der Waals surface area contributed by atoms with Crippen LogP contribution >= 0.6 is 0 Å². The van der Waals surface area contributed by atoms with Crippen LogP contribution in [0.15, 0.2) is 89.3 Å². The van der Waals surface area contributed by atoms with Crippen LogP contribution in [0.25, 0.3) is 32.7 Å². The van der Waals surface area contributed by atoms with Crippen molar-refractivity contribution in [3.63, 3.8) is 0 Å². The molecule has 1 heterocycles. The molecule has 0 unspecified atom stereocenters. The molecule has 1 aromatic heterocycles. The van der Waals surface area contributed by atoms with Gasteiger partial charge in [-0.1, -0.05) is 0 Å². The van der Waals surface area contributed by atoms with Gasteiger partial charge in [-0.15, -0.1) is 0 Å². The molecule has 0 aliphatic rings. The number of furan rings is 1.